The number of phenols is 1. The molecule has 1 atom stereocenters. The molecule has 1 aromatic carbocycles. The summed E-state index contributed by atoms with van der Waals surface area (Å²) in [6, 6.07) is 5.81. The predicted octanol–water partition coefficient (Wildman–Crippen LogP) is 1.25. The lowest BCUT2D eigenvalue weighted by atomic mass is 10.0. The number of carbonyl (C=O) groups excluding carboxylic acids is 1. The van der Waals surface area contributed by atoms with Gasteiger partial charge >= 0.3 is 5.97 Å². The predicted molar refractivity (Wildman–Crippen MR) is 63.6 cm³/mol. The first-order valence-electron chi connectivity index (χ1n) is 4.64. The first-order valence-corrected chi connectivity index (χ1v) is 4.64. The molecule has 92 valence electrons. The van der Waals surface area contributed by atoms with E-state index in [1.54, 1.807) is 12.1 Å². The number of ether oxygens (including phenoxy) is 1. The van der Waals surface area contributed by atoms with Crippen LogP contribution >= 0.6 is 12.4 Å². The maximum atomic E-state index is 11.0. The van der Waals surface area contributed by atoms with Crippen molar-refractivity contribution in [1.82, 2.24) is 0 Å². The largest absolute Gasteiger partial charge is 0.506 e. The molecule has 1 aromatic rings. The smallest absolute Gasteiger partial charge is 0.307 e. The van der Waals surface area contributed by atoms with Crippen LogP contribution in [0.25, 0.3) is 0 Å². The van der Waals surface area contributed by atoms with E-state index in [4.69, 9.17) is 11.0 Å². The number of phenolic OH excluding ortho intramolecular Hbond substituents is 1. The number of nitriles is 1. The summed E-state index contributed by atoms with van der Waals surface area (Å²) in [5.41, 5.74) is 6.23. The molecule has 0 saturated heterocycles. The van der Waals surface area contributed by atoms with Gasteiger partial charge in [0.1, 0.15) is 11.8 Å². The normalized spacial score (nSPS) is 10.9. The summed E-state index contributed by atoms with van der Waals surface area (Å²) in [7, 11) is 1.26. The van der Waals surface area contributed by atoms with Gasteiger partial charge in [0, 0.05) is 11.6 Å². The second kappa shape index (κ2) is 6.74. The molecule has 0 fully saturated rings. The van der Waals surface area contributed by atoms with Crippen molar-refractivity contribution in [3.8, 4) is 11.8 Å². The van der Waals surface area contributed by atoms with Crippen molar-refractivity contribution in [2.45, 2.75) is 12.5 Å². The lowest BCUT2D eigenvalue weighted by molar-refractivity contribution is -0.141. The van der Waals surface area contributed by atoms with Gasteiger partial charge in [-0.05, 0) is 6.07 Å². The Labute approximate surface area is 105 Å². The zero-order valence-corrected chi connectivity index (χ0v) is 10.0. The average Bonchev–Trinajstić information content (AvgIpc) is 2.29. The van der Waals surface area contributed by atoms with Crippen molar-refractivity contribution >= 4 is 18.4 Å². The Kier molecular flexibility index (Phi) is 6.03. The molecule has 0 saturated carbocycles. The number of rotatable bonds is 3. The van der Waals surface area contributed by atoms with Crippen molar-refractivity contribution < 1.29 is 14.6 Å². The Bertz CT molecular complexity index is 443. The van der Waals surface area contributed by atoms with Gasteiger partial charge in [-0.1, -0.05) is 12.1 Å². The molecule has 0 aliphatic heterocycles. The molecular weight excluding hydrogens is 244 g/mol. The van der Waals surface area contributed by atoms with Crippen molar-refractivity contribution in [2.24, 2.45) is 5.73 Å². The number of carbonyl (C=O) groups is 1. The highest BCUT2D eigenvalue weighted by Crippen LogP contribution is 2.27. The van der Waals surface area contributed by atoms with E-state index in [0.717, 1.165) is 0 Å². The summed E-state index contributed by atoms with van der Waals surface area (Å²) in [6.07, 6.45) is -0.0427. The van der Waals surface area contributed by atoms with Crippen LogP contribution in [0.2, 0.25) is 0 Å². The second-order valence-electron chi connectivity index (χ2n) is 3.24. The lowest BCUT2D eigenvalue weighted by Gasteiger charge is -2.12. The van der Waals surface area contributed by atoms with Crippen LogP contribution in [0.3, 0.4) is 0 Å². The number of benzene rings is 1. The minimum atomic E-state index is -0.680. The summed E-state index contributed by atoms with van der Waals surface area (Å²) < 4.78 is 4.47. The fourth-order valence-corrected chi connectivity index (χ4v) is 1.32. The van der Waals surface area contributed by atoms with Gasteiger partial charge in [-0.25, -0.2) is 0 Å². The van der Waals surface area contributed by atoms with E-state index in [1.165, 1.54) is 13.2 Å². The Hall–Kier alpha value is -1.77. The molecule has 0 aliphatic carbocycles. The van der Waals surface area contributed by atoms with Gasteiger partial charge in [-0.3, -0.25) is 4.79 Å². The first-order chi connectivity index (χ1) is 7.60. The van der Waals surface area contributed by atoms with Gasteiger partial charge in [0.15, 0.2) is 0 Å². The number of halogens is 1. The van der Waals surface area contributed by atoms with E-state index in [2.05, 4.69) is 4.74 Å². The highest BCUT2D eigenvalue weighted by Gasteiger charge is 2.17. The van der Waals surface area contributed by atoms with E-state index in [0.29, 0.717) is 5.56 Å². The van der Waals surface area contributed by atoms with Crippen LogP contribution in [-0.4, -0.2) is 18.2 Å². The number of para-hydroxylation sites is 1. The van der Waals surface area contributed by atoms with Crippen LogP contribution in [0, 0.1) is 11.3 Å². The lowest BCUT2D eigenvalue weighted by Crippen LogP contribution is -2.16. The van der Waals surface area contributed by atoms with Gasteiger partial charge in [0.2, 0.25) is 0 Å². The molecule has 0 spiro atoms. The van der Waals surface area contributed by atoms with E-state index < -0.39 is 12.0 Å². The highest BCUT2D eigenvalue weighted by atomic mass is 35.5. The highest BCUT2D eigenvalue weighted by molar-refractivity contribution is 5.85. The number of nitrogens with zero attached hydrogens (tertiary/aromatic N) is 1. The molecule has 0 radical (unpaired) electrons. The topological polar surface area (TPSA) is 96.3 Å². The van der Waals surface area contributed by atoms with Gasteiger partial charge in [-0.2, -0.15) is 5.26 Å². The quantitative estimate of drug-likeness (QED) is 0.794. The van der Waals surface area contributed by atoms with Gasteiger partial charge in [0.05, 0.1) is 19.1 Å². The number of methoxy groups -OCH3 is 1. The van der Waals surface area contributed by atoms with Gasteiger partial charge < -0.3 is 15.6 Å². The summed E-state index contributed by atoms with van der Waals surface area (Å²) in [5.74, 6) is -0.643. The van der Waals surface area contributed by atoms with Crippen LogP contribution in [-0.2, 0) is 9.53 Å². The molecule has 0 unspecified atom stereocenters. The van der Waals surface area contributed by atoms with Crippen molar-refractivity contribution in [3.05, 3.63) is 29.3 Å². The first kappa shape index (κ1) is 15.2. The van der Waals surface area contributed by atoms with E-state index in [9.17, 15) is 9.90 Å². The fourth-order valence-electron chi connectivity index (χ4n) is 1.32. The number of hydrogen-bond donors (Lipinski definition) is 2. The molecule has 17 heavy (non-hydrogen) atoms. The fraction of sp³-hybridized carbons (Fsp3) is 0.273. The Balaban J connectivity index is 0.00000256. The van der Waals surface area contributed by atoms with Gasteiger partial charge in [-0.15, -0.1) is 12.4 Å². The van der Waals surface area contributed by atoms with Crippen LogP contribution < -0.4 is 5.73 Å². The summed E-state index contributed by atoms with van der Waals surface area (Å²) in [5, 5.41) is 18.4. The Morgan fingerprint density at radius 2 is 2.29 bits per heavy atom. The molecule has 1 rings (SSSR count). The van der Waals surface area contributed by atoms with Crippen LogP contribution in [0.5, 0.6) is 5.75 Å². The standard InChI is InChI=1S/C11H12N2O3.ClH/c1-16-10(14)5-9(13)8-4-2-3-7(6-12)11(8)15;/h2-4,9,15H,5,13H2,1H3;1H/t9-;/m1./s1. The monoisotopic (exact) mass is 256 g/mol. The molecule has 0 heterocycles. The molecule has 6 heteroatoms. The SMILES string of the molecule is COC(=O)C[C@@H](N)c1cccc(C#N)c1O.Cl. The Morgan fingerprint density at radius 1 is 1.65 bits per heavy atom. The van der Waals surface area contributed by atoms with E-state index in [1.807, 2.05) is 6.07 Å². The maximum absolute atomic E-state index is 11.0. The third-order valence-electron chi connectivity index (χ3n) is 2.20. The van der Waals surface area contributed by atoms with Crippen molar-refractivity contribution in [1.29, 1.82) is 5.26 Å². The second-order valence-corrected chi connectivity index (χ2v) is 3.24. The Morgan fingerprint density at radius 3 is 2.82 bits per heavy atom. The van der Waals surface area contributed by atoms with E-state index in [-0.39, 0.29) is 30.1 Å². The summed E-state index contributed by atoms with van der Waals surface area (Å²) in [4.78, 5) is 11.0. The van der Waals surface area contributed by atoms with Crippen molar-refractivity contribution in [3.63, 3.8) is 0 Å². The zero-order valence-electron chi connectivity index (χ0n) is 9.21. The van der Waals surface area contributed by atoms with Gasteiger partial charge in [0.25, 0.3) is 0 Å². The third kappa shape index (κ3) is 3.63. The number of hydrogen-bond acceptors (Lipinski definition) is 5. The van der Waals surface area contributed by atoms with Crippen LogP contribution in [0.4, 0.5) is 0 Å². The number of esters is 1. The van der Waals surface area contributed by atoms with E-state index >= 15 is 0 Å². The zero-order chi connectivity index (χ0) is 12.1. The molecule has 3 N–H and O–H groups in total. The summed E-state index contributed by atoms with van der Waals surface area (Å²) in [6.45, 7) is 0. The average molecular weight is 257 g/mol. The van der Waals surface area contributed by atoms with Crippen LogP contribution in [0.15, 0.2) is 18.2 Å². The molecule has 5 nitrogen and oxygen atoms in total. The minimum Gasteiger partial charge on any atom is -0.506 e. The molecule has 0 bridgehead atoms. The maximum Gasteiger partial charge on any atom is 0.307 e. The third-order valence-corrected chi connectivity index (χ3v) is 2.20. The molecular formula is C11H13ClN2O3. The molecule has 0 amide bonds. The van der Waals surface area contributed by atoms with Crippen molar-refractivity contribution in [2.75, 3.05) is 7.11 Å². The minimum absolute atomic E-state index is 0. The molecule has 0 aromatic heterocycles. The summed E-state index contributed by atoms with van der Waals surface area (Å²) >= 11 is 0. The van der Waals surface area contributed by atoms with Crippen LogP contribution in [0.1, 0.15) is 23.6 Å². The number of nitrogens with two attached hydrogens (primary N) is 1. The number of aromatic hydroxyl groups is 1. The molecule has 0 aliphatic rings.